The van der Waals surface area contributed by atoms with Crippen LogP contribution in [0.4, 0.5) is 5.69 Å². The van der Waals surface area contributed by atoms with E-state index in [4.69, 9.17) is 5.10 Å². The van der Waals surface area contributed by atoms with E-state index in [2.05, 4.69) is 60.6 Å². The molecule has 0 amide bonds. The second kappa shape index (κ2) is 10.2. The topological polar surface area (TPSA) is 85.5 Å². The summed E-state index contributed by atoms with van der Waals surface area (Å²) >= 11 is 0. The van der Waals surface area contributed by atoms with Crippen LogP contribution in [-0.4, -0.2) is 44.8 Å². The standard InChI is InChI=1S/C31H35N7/c1-4-10-38(11-5-1)30-20-34-19-29-25(30)14-28(35-29)31-26-13-23(8-9-27(26)36-37-31)24-12-22(17-33-18-24)16-32-15-21-6-2-3-7-21/h8-9,12-14,17-21,32,35H,1-7,10-11,15-16H2,(H,36,37). The summed E-state index contributed by atoms with van der Waals surface area (Å²) in [4.78, 5) is 15.2. The van der Waals surface area contributed by atoms with E-state index in [1.54, 1.807) is 0 Å². The molecule has 4 aromatic heterocycles. The molecule has 5 heterocycles. The zero-order valence-electron chi connectivity index (χ0n) is 21.8. The zero-order chi connectivity index (χ0) is 25.3. The number of fused-ring (bicyclic) bond motifs is 2. The molecule has 1 aliphatic carbocycles. The van der Waals surface area contributed by atoms with Gasteiger partial charge in [0.2, 0.25) is 0 Å². The van der Waals surface area contributed by atoms with Crippen LogP contribution in [0.1, 0.15) is 50.5 Å². The van der Waals surface area contributed by atoms with Gasteiger partial charge in [0.25, 0.3) is 0 Å². The maximum absolute atomic E-state index is 4.72. The first-order valence-electron chi connectivity index (χ1n) is 14.2. The van der Waals surface area contributed by atoms with Crippen LogP contribution in [0, 0.1) is 5.92 Å². The molecular weight excluding hydrogens is 470 g/mol. The molecule has 5 aromatic rings. The Balaban J connectivity index is 1.18. The van der Waals surface area contributed by atoms with Gasteiger partial charge < -0.3 is 15.2 Å². The van der Waals surface area contributed by atoms with E-state index < -0.39 is 0 Å². The summed E-state index contributed by atoms with van der Waals surface area (Å²) in [5.41, 5.74) is 8.75. The first-order chi connectivity index (χ1) is 18.8. The lowest BCUT2D eigenvalue weighted by atomic mass is 10.0. The van der Waals surface area contributed by atoms with Crippen molar-refractivity contribution in [2.45, 2.75) is 51.5 Å². The lowest BCUT2D eigenvalue weighted by molar-refractivity contribution is 0.489. The van der Waals surface area contributed by atoms with E-state index in [1.165, 1.54) is 61.6 Å². The van der Waals surface area contributed by atoms with Crippen molar-refractivity contribution >= 4 is 27.5 Å². The van der Waals surface area contributed by atoms with Crippen molar-refractivity contribution in [2.24, 2.45) is 5.92 Å². The number of pyridine rings is 2. The molecular formula is C31H35N7. The van der Waals surface area contributed by atoms with Gasteiger partial charge >= 0.3 is 0 Å². The van der Waals surface area contributed by atoms with E-state index >= 15 is 0 Å². The fourth-order valence-electron chi connectivity index (χ4n) is 6.33. The summed E-state index contributed by atoms with van der Waals surface area (Å²) in [6, 6.07) is 11.0. The normalized spacial score (nSPS) is 16.7. The molecule has 1 aliphatic heterocycles. The SMILES string of the molecule is c1ncc(-c2ccc3[nH]nc(-c4cc5c(N6CCCCC6)cncc5[nH]4)c3c2)cc1CNCC1CCCC1. The number of anilines is 1. The fraction of sp³-hybridized carbons (Fsp3) is 0.387. The van der Waals surface area contributed by atoms with Crippen LogP contribution in [0.15, 0.2) is 55.1 Å². The molecule has 7 rings (SSSR count). The molecule has 7 nitrogen and oxygen atoms in total. The molecule has 0 radical (unpaired) electrons. The third-order valence-electron chi connectivity index (χ3n) is 8.40. The largest absolute Gasteiger partial charge is 0.370 e. The van der Waals surface area contributed by atoms with E-state index in [9.17, 15) is 0 Å². The summed E-state index contributed by atoms with van der Waals surface area (Å²) in [5.74, 6) is 0.837. The molecule has 3 N–H and O–H groups in total. The van der Waals surface area contributed by atoms with Crippen LogP contribution in [0.3, 0.4) is 0 Å². The van der Waals surface area contributed by atoms with Crippen LogP contribution in [0.2, 0.25) is 0 Å². The summed E-state index contributed by atoms with van der Waals surface area (Å²) in [7, 11) is 0. The molecule has 0 bridgehead atoms. The Morgan fingerprint density at radius 3 is 2.58 bits per heavy atom. The van der Waals surface area contributed by atoms with Gasteiger partial charge in [-0.3, -0.25) is 15.1 Å². The van der Waals surface area contributed by atoms with Crippen LogP contribution in [0.25, 0.3) is 44.3 Å². The monoisotopic (exact) mass is 505 g/mol. The summed E-state index contributed by atoms with van der Waals surface area (Å²) in [5, 5.41) is 13.9. The Morgan fingerprint density at radius 2 is 1.68 bits per heavy atom. The minimum Gasteiger partial charge on any atom is -0.370 e. The highest BCUT2D eigenvalue weighted by Gasteiger charge is 2.18. The molecule has 0 atom stereocenters. The third-order valence-corrected chi connectivity index (χ3v) is 8.40. The summed E-state index contributed by atoms with van der Waals surface area (Å²) in [6.45, 7) is 4.16. The summed E-state index contributed by atoms with van der Waals surface area (Å²) < 4.78 is 0. The fourth-order valence-corrected chi connectivity index (χ4v) is 6.33. The van der Waals surface area contributed by atoms with Gasteiger partial charge in [0.05, 0.1) is 34.8 Å². The number of hydrogen-bond donors (Lipinski definition) is 3. The number of hydrogen-bond acceptors (Lipinski definition) is 5. The molecule has 0 spiro atoms. The maximum Gasteiger partial charge on any atom is 0.116 e. The van der Waals surface area contributed by atoms with E-state index in [-0.39, 0.29) is 0 Å². The molecule has 38 heavy (non-hydrogen) atoms. The molecule has 194 valence electrons. The van der Waals surface area contributed by atoms with Gasteiger partial charge in [-0.05, 0) is 80.0 Å². The highest BCUT2D eigenvalue weighted by atomic mass is 15.1. The Bertz CT molecular complexity index is 1550. The van der Waals surface area contributed by atoms with Crippen molar-refractivity contribution in [3.05, 3.63) is 60.7 Å². The molecule has 7 heteroatoms. The van der Waals surface area contributed by atoms with Gasteiger partial charge in [-0.25, -0.2) is 0 Å². The molecule has 0 unspecified atom stereocenters. The number of aromatic amines is 2. The average Bonchev–Trinajstić information content (AvgIpc) is 3.73. The Morgan fingerprint density at radius 1 is 0.816 bits per heavy atom. The van der Waals surface area contributed by atoms with Gasteiger partial charge in [0.1, 0.15) is 5.69 Å². The molecule has 1 saturated heterocycles. The lowest BCUT2D eigenvalue weighted by Gasteiger charge is -2.28. The van der Waals surface area contributed by atoms with Crippen molar-refractivity contribution in [1.29, 1.82) is 0 Å². The van der Waals surface area contributed by atoms with Crippen LogP contribution < -0.4 is 10.2 Å². The second-order valence-electron chi connectivity index (χ2n) is 11.0. The predicted molar refractivity (Wildman–Crippen MR) is 154 cm³/mol. The first-order valence-corrected chi connectivity index (χ1v) is 14.2. The van der Waals surface area contributed by atoms with E-state index in [0.29, 0.717) is 0 Å². The number of nitrogens with one attached hydrogen (secondary N) is 3. The van der Waals surface area contributed by atoms with Crippen molar-refractivity contribution < 1.29 is 0 Å². The Labute approximate surface area is 223 Å². The Hall–Kier alpha value is -3.71. The third kappa shape index (κ3) is 4.56. The Kier molecular flexibility index (Phi) is 6.29. The summed E-state index contributed by atoms with van der Waals surface area (Å²) in [6.07, 6.45) is 17.2. The first kappa shape index (κ1) is 23.4. The number of piperidine rings is 1. The second-order valence-corrected chi connectivity index (χ2v) is 11.0. The minimum absolute atomic E-state index is 0.837. The van der Waals surface area contributed by atoms with Crippen molar-refractivity contribution in [3.63, 3.8) is 0 Å². The van der Waals surface area contributed by atoms with Gasteiger partial charge in [0.15, 0.2) is 0 Å². The van der Waals surface area contributed by atoms with Gasteiger partial charge in [-0.2, -0.15) is 5.10 Å². The average molecular weight is 506 g/mol. The van der Waals surface area contributed by atoms with Crippen molar-refractivity contribution in [2.75, 3.05) is 24.5 Å². The van der Waals surface area contributed by atoms with Gasteiger partial charge in [-0.1, -0.05) is 18.9 Å². The number of benzene rings is 1. The highest BCUT2D eigenvalue weighted by Crippen LogP contribution is 2.35. The van der Waals surface area contributed by atoms with E-state index in [1.807, 2.05) is 24.8 Å². The number of aromatic nitrogens is 5. The molecule has 1 saturated carbocycles. The van der Waals surface area contributed by atoms with Crippen molar-refractivity contribution in [1.82, 2.24) is 30.5 Å². The van der Waals surface area contributed by atoms with E-state index in [0.717, 1.165) is 71.0 Å². The number of H-pyrrole nitrogens is 2. The highest BCUT2D eigenvalue weighted by molar-refractivity contribution is 6.00. The van der Waals surface area contributed by atoms with Crippen LogP contribution in [0.5, 0.6) is 0 Å². The zero-order valence-corrected chi connectivity index (χ0v) is 21.8. The van der Waals surface area contributed by atoms with Crippen LogP contribution in [-0.2, 0) is 6.54 Å². The quantitative estimate of drug-likeness (QED) is 0.237. The number of rotatable bonds is 7. The maximum atomic E-state index is 4.72. The predicted octanol–water partition coefficient (Wildman–Crippen LogP) is 6.44. The van der Waals surface area contributed by atoms with Crippen LogP contribution >= 0.6 is 0 Å². The van der Waals surface area contributed by atoms with Crippen molar-refractivity contribution in [3.8, 4) is 22.5 Å². The minimum atomic E-state index is 0.837. The van der Waals surface area contributed by atoms with Gasteiger partial charge in [-0.15, -0.1) is 0 Å². The smallest absolute Gasteiger partial charge is 0.116 e. The van der Waals surface area contributed by atoms with Gasteiger partial charge in [0, 0.05) is 48.4 Å². The molecule has 2 fully saturated rings. The molecule has 1 aromatic carbocycles. The lowest BCUT2D eigenvalue weighted by Crippen LogP contribution is -2.29. The molecule has 2 aliphatic rings. The number of nitrogens with zero attached hydrogens (tertiary/aromatic N) is 4.